The molecule has 0 aromatic heterocycles. The third-order valence-corrected chi connectivity index (χ3v) is 6.62. The molecular formula is C21H23F4NO2S. The highest BCUT2D eigenvalue weighted by Gasteiger charge is 2.35. The van der Waals surface area contributed by atoms with Crippen molar-refractivity contribution < 1.29 is 26.0 Å². The summed E-state index contributed by atoms with van der Waals surface area (Å²) < 4.78 is 75.5. The van der Waals surface area contributed by atoms with Gasteiger partial charge in [0.1, 0.15) is 5.82 Å². The molecule has 2 aromatic carbocycles. The Morgan fingerprint density at radius 1 is 1.07 bits per heavy atom. The van der Waals surface area contributed by atoms with Gasteiger partial charge in [-0.2, -0.15) is 13.2 Å². The molecule has 0 bridgehead atoms. The Hall–Kier alpha value is -1.93. The van der Waals surface area contributed by atoms with Crippen LogP contribution in [0.4, 0.5) is 17.6 Å². The molecule has 3 rings (SSSR count). The molecule has 1 fully saturated rings. The van der Waals surface area contributed by atoms with Crippen LogP contribution in [0, 0.1) is 5.82 Å². The van der Waals surface area contributed by atoms with Crippen molar-refractivity contribution in [2.45, 2.75) is 55.3 Å². The zero-order chi connectivity index (χ0) is 21.4. The molecule has 3 atom stereocenters. The van der Waals surface area contributed by atoms with E-state index in [1.165, 1.54) is 12.3 Å². The van der Waals surface area contributed by atoms with Crippen molar-refractivity contribution in [3.63, 3.8) is 0 Å². The fourth-order valence-electron chi connectivity index (χ4n) is 3.90. The second kappa shape index (κ2) is 8.07. The zero-order valence-corrected chi connectivity index (χ0v) is 16.9. The first-order valence-electron chi connectivity index (χ1n) is 9.38. The van der Waals surface area contributed by atoms with Crippen LogP contribution in [0.15, 0.2) is 47.4 Å². The first-order chi connectivity index (χ1) is 13.4. The molecule has 0 amide bonds. The summed E-state index contributed by atoms with van der Waals surface area (Å²) in [7, 11) is -3.24. The minimum Gasteiger partial charge on any atom is -0.307 e. The predicted molar refractivity (Wildman–Crippen MR) is 103 cm³/mol. The van der Waals surface area contributed by atoms with E-state index in [9.17, 15) is 26.0 Å². The van der Waals surface area contributed by atoms with Gasteiger partial charge in [-0.1, -0.05) is 18.2 Å². The van der Waals surface area contributed by atoms with Gasteiger partial charge in [-0.15, -0.1) is 0 Å². The molecule has 8 heteroatoms. The zero-order valence-electron chi connectivity index (χ0n) is 16.1. The van der Waals surface area contributed by atoms with E-state index in [0.717, 1.165) is 37.0 Å². The van der Waals surface area contributed by atoms with Crippen LogP contribution in [0.1, 0.15) is 54.8 Å². The number of hydrogen-bond donors (Lipinski definition) is 1. The summed E-state index contributed by atoms with van der Waals surface area (Å²) in [6.07, 6.45) is -0.999. The molecule has 3 nitrogen and oxygen atoms in total. The first-order valence-corrected chi connectivity index (χ1v) is 11.3. The van der Waals surface area contributed by atoms with Gasteiger partial charge in [-0.05, 0) is 67.5 Å². The largest absolute Gasteiger partial charge is 0.419 e. The van der Waals surface area contributed by atoms with Crippen LogP contribution in [0.5, 0.6) is 0 Å². The maximum Gasteiger partial charge on any atom is 0.419 e. The van der Waals surface area contributed by atoms with Crippen LogP contribution in [-0.2, 0) is 16.0 Å². The number of hydrogen-bond acceptors (Lipinski definition) is 3. The molecule has 0 aliphatic heterocycles. The fourth-order valence-corrected chi connectivity index (χ4v) is 4.53. The predicted octanol–water partition coefficient (Wildman–Crippen LogP) is 5.23. The lowest BCUT2D eigenvalue weighted by Crippen LogP contribution is -2.29. The van der Waals surface area contributed by atoms with Crippen molar-refractivity contribution in [2.24, 2.45) is 0 Å². The lowest BCUT2D eigenvalue weighted by Gasteiger charge is -2.21. The highest BCUT2D eigenvalue weighted by Crippen LogP contribution is 2.37. The Bertz CT molecular complexity index is 971. The molecule has 2 aromatic rings. The van der Waals surface area contributed by atoms with Crippen molar-refractivity contribution in [1.82, 2.24) is 5.32 Å². The molecule has 1 aliphatic carbocycles. The Kier molecular flexibility index (Phi) is 6.06. The summed E-state index contributed by atoms with van der Waals surface area (Å²) in [5.41, 5.74) is 0.189. The van der Waals surface area contributed by atoms with Gasteiger partial charge in [0, 0.05) is 18.3 Å². The van der Waals surface area contributed by atoms with Crippen molar-refractivity contribution in [2.75, 3.05) is 6.26 Å². The van der Waals surface area contributed by atoms with E-state index in [4.69, 9.17) is 0 Å². The molecule has 0 spiro atoms. The summed E-state index contributed by atoms with van der Waals surface area (Å²) in [4.78, 5) is 0.277. The van der Waals surface area contributed by atoms with Gasteiger partial charge in [0.2, 0.25) is 0 Å². The lowest BCUT2D eigenvalue weighted by molar-refractivity contribution is -0.140. The van der Waals surface area contributed by atoms with E-state index < -0.39 is 27.4 Å². The maximum absolute atomic E-state index is 13.5. The summed E-state index contributed by atoms with van der Waals surface area (Å²) in [5, 5.41) is 3.34. The molecule has 0 radical (unpaired) electrons. The summed E-state index contributed by atoms with van der Waals surface area (Å²) >= 11 is 0. The topological polar surface area (TPSA) is 46.2 Å². The van der Waals surface area contributed by atoms with Gasteiger partial charge in [-0.3, -0.25) is 0 Å². The van der Waals surface area contributed by atoms with E-state index in [-0.39, 0.29) is 22.9 Å². The summed E-state index contributed by atoms with van der Waals surface area (Å²) in [6, 6.07) is 9.71. The Morgan fingerprint density at radius 3 is 2.31 bits per heavy atom. The minimum absolute atomic E-state index is 0.115. The van der Waals surface area contributed by atoms with Crippen LogP contribution < -0.4 is 5.32 Å². The molecule has 1 saturated carbocycles. The van der Waals surface area contributed by atoms with Crippen LogP contribution in [0.2, 0.25) is 0 Å². The normalized spacial score (nSPS) is 21.3. The molecular weight excluding hydrogens is 406 g/mol. The van der Waals surface area contributed by atoms with Crippen LogP contribution in [0.25, 0.3) is 0 Å². The number of halogens is 4. The quantitative estimate of drug-likeness (QED) is 0.662. The number of nitrogens with one attached hydrogen (secondary N) is 1. The monoisotopic (exact) mass is 429 g/mol. The Labute approximate surface area is 168 Å². The summed E-state index contributed by atoms with van der Waals surface area (Å²) in [6.45, 7) is 1.77. The molecule has 1 aliphatic rings. The molecule has 3 unspecified atom stereocenters. The molecule has 1 N–H and O–H groups in total. The Balaban J connectivity index is 1.65. The molecule has 29 heavy (non-hydrogen) atoms. The fraction of sp³-hybridized carbons (Fsp3) is 0.429. The van der Waals surface area contributed by atoms with E-state index in [2.05, 4.69) is 5.32 Å². The van der Waals surface area contributed by atoms with E-state index in [1.807, 2.05) is 12.1 Å². The Morgan fingerprint density at radius 2 is 1.72 bits per heavy atom. The van der Waals surface area contributed by atoms with Gasteiger partial charge in [0.25, 0.3) is 0 Å². The van der Waals surface area contributed by atoms with Crippen molar-refractivity contribution >= 4 is 9.84 Å². The number of benzene rings is 2. The SMILES string of the molecule is CC(NC1CCC(c2ccc(S(C)(=O)=O)cc2)C1)c1ccc(F)c(C(F)(F)F)c1. The maximum atomic E-state index is 13.5. The third kappa shape index (κ3) is 5.17. The van der Waals surface area contributed by atoms with Gasteiger partial charge in [-0.25, -0.2) is 12.8 Å². The molecule has 158 valence electrons. The molecule has 0 saturated heterocycles. The lowest BCUT2D eigenvalue weighted by atomic mass is 9.97. The van der Waals surface area contributed by atoms with E-state index in [0.29, 0.717) is 5.56 Å². The number of alkyl halides is 3. The average molecular weight is 429 g/mol. The van der Waals surface area contributed by atoms with Crippen molar-refractivity contribution in [3.05, 3.63) is 65.0 Å². The second-order valence-corrected chi connectivity index (χ2v) is 9.69. The summed E-state index contributed by atoms with van der Waals surface area (Å²) in [5.74, 6) is -1.01. The third-order valence-electron chi connectivity index (χ3n) is 5.49. The smallest absolute Gasteiger partial charge is 0.307 e. The van der Waals surface area contributed by atoms with Gasteiger partial charge in [0.15, 0.2) is 9.84 Å². The molecule has 0 heterocycles. The van der Waals surface area contributed by atoms with Crippen LogP contribution in [0.3, 0.4) is 0 Å². The van der Waals surface area contributed by atoms with Gasteiger partial charge >= 0.3 is 6.18 Å². The highest BCUT2D eigenvalue weighted by molar-refractivity contribution is 7.90. The number of rotatable bonds is 5. The number of sulfone groups is 1. The van der Waals surface area contributed by atoms with Gasteiger partial charge < -0.3 is 5.32 Å². The highest BCUT2D eigenvalue weighted by atomic mass is 32.2. The van der Waals surface area contributed by atoms with E-state index in [1.54, 1.807) is 19.1 Å². The van der Waals surface area contributed by atoms with Crippen molar-refractivity contribution in [3.8, 4) is 0 Å². The first kappa shape index (κ1) is 21.8. The van der Waals surface area contributed by atoms with E-state index >= 15 is 0 Å². The second-order valence-electron chi connectivity index (χ2n) is 7.67. The van der Waals surface area contributed by atoms with Crippen molar-refractivity contribution in [1.29, 1.82) is 0 Å². The average Bonchev–Trinajstić information content (AvgIpc) is 3.09. The van der Waals surface area contributed by atoms with Crippen LogP contribution in [-0.4, -0.2) is 20.7 Å². The van der Waals surface area contributed by atoms with Crippen LogP contribution >= 0.6 is 0 Å². The standard InChI is InChI=1S/C21H23F4NO2S/c1-13(15-6-10-20(22)19(12-15)21(23,24)25)26-17-7-3-16(11-17)14-4-8-18(9-5-14)29(2,27)28/h4-6,8-10,12-13,16-17,26H,3,7,11H2,1-2H3. The minimum atomic E-state index is -4.73. The van der Waals surface area contributed by atoms with Gasteiger partial charge in [0.05, 0.1) is 10.5 Å².